The lowest BCUT2D eigenvalue weighted by Gasteiger charge is -2.18. The molecule has 4 nitrogen and oxygen atoms in total. The summed E-state index contributed by atoms with van der Waals surface area (Å²) in [4.78, 5) is 12.4. The van der Waals surface area contributed by atoms with E-state index in [2.05, 4.69) is 29.6 Å². The smallest absolute Gasteiger partial charge is 0.220 e. The van der Waals surface area contributed by atoms with Crippen LogP contribution in [0.5, 0.6) is 5.75 Å². The Kier molecular flexibility index (Phi) is 6.44. The van der Waals surface area contributed by atoms with Gasteiger partial charge in [0.2, 0.25) is 5.91 Å². The molecule has 1 atom stereocenters. The monoisotopic (exact) mass is 362 g/mol. The highest BCUT2D eigenvalue weighted by Gasteiger charge is 2.13. The number of amides is 1. The number of carbonyl (C=O) groups excluding carboxylic acids is 1. The topological polar surface area (TPSA) is 64.3 Å². The zero-order valence-electron chi connectivity index (χ0n) is 15.7. The molecule has 0 saturated carbocycles. The van der Waals surface area contributed by atoms with Gasteiger partial charge in [-0.25, -0.2) is 0 Å². The summed E-state index contributed by atoms with van der Waals surface area (Å²) in [5.41, 5.74) is 8.16. The van der Waals surface area contributed by atoms with Gasteiger partial charge >= 0.3 is 0 Å². The molecule has 140 valence electrons. The molecule has 0 aliphatic heterocycles. The molecule has 0 heterocycles. The van der Waals surface area contributed by atoms with Crippen molar-refractivity contribution in [1.82, 2.24) is 5.32 Å². The van der Waals surface area contributed by atoms with Crippen molar-refractivity contribution in [3.63, 3.8) is 0 Å². The van der Waals surface area contributed by atoms with Crippen molar-refractivity contribution >= 4 is 16.7 Å². The molecule has 0 bridgehead atoms. The molecule has 1 unspecified atom stereocenters. The lowest BCUT2D eigenvalue weighted by atomic mass is 10.0. The van der Waals surface area contributed by atoms with Gasteiger partial charge in [0.05, 0.1) is 13.2 Å². The minimum Gasteiger partial charge on any atom is -0.497 e. The SMILES string of the molecule is COc1ccc(CCCC(=O)NC(CN)c2ccc3ccccc3c2)cc1. The van der Waals surface area contributed by atoms with E-state index >= 15 is 0 Å². The molecule has 0 aliphatic carbocycles. The Morgan fingerprint density at radius 3 is 2.48 bits per heavy atom. The lowest BCUT2D eigenvalue weighted by Crippen LogP contribution is -2.33. The Balaban J connectivity index is 1.54. The standard InChI is InChI=1S/C23H26N2O2/c1-27-21-13-9-17(10-14-21)5-4-8-23(26)25-22(16-24)20-12-11-18-6-2-3-7-19(18)15-20/h2-3,6-7,9-15,22H,4-5,8,16,24H2,1H3,(H,25,26). The average molecular weight is 362 g/mol. The van der Waals surface area contributed by atoms with Crippen LogP contribution in [0.2, 0.25) is 0 Å². The second kappa shape index (κ2) is 9.19. The van der Waals surface area contributed by atoms with Crippen LogP contribution in [0.15, 0.2) is 66.7 Å². The molecule has 0 saturated heterocycles. The van der Waals surface area contributed by atoms with Crippen LogP contribution in [0.25, 0.3) is 10.8 Å². The van der Waals surface area contributed by atoms with Gasteiger partial charge in [0.25, 0.3) is 0 Å². The number of hydrogen-bond donors (Lipinski definition) is 2. The summed E-state index contributed by atoms with van der Waals surface area (Å²) in [5, 5.41) is 5.41. The third-order valence-electron chi connectivity index (χ3n) is 4.78. The molecule has 0 spiro atoms. The first kappa shape index (κ1) is 18.9. The quantitative estimate of drug-likeness (QED) is 0.637. The highest BCUT2D eigenvalue weighted by molar-refractivity contribution is 5.83. The minimum atomic E-state index is -0.164. The van der Waals surface area contributed by atoms with E-state index in [9.17, 15) is 4.79 Å². The van der Waals surface area contributed by atoms with Crippen LogP contribution in [0.4, 0.5) is 0 Å². The molecule has 4 heteroatoms. The summed E-state index contributed by atoms with van der Waals surface area (Å²) < 4.78 is 5.16. The first-order valence-corrected chi connectivity index (χ1v) is 9.30. The van der Waals surface area contributed by atoms with Crippen LogP contribution in [0.1, 0.15) is 30.0 Å². The summed E-state index contributed by atoms with van der Waals surface area (Å²) in [5.74, 6) is 0.879. The maximum atomic E-state index is 12.4. The molecular formula is C23H26N2O2. The second-order valence-corrected chi connectivity index (χ2v) is 6.66. The molecule has 1 amide bonds. The van der Waals surface area contributed by atoms with E-state index in [4.69, 9.17) is 10.5 Å². The van der Waals surface area contributed by atoms with Gasteiger partial charge in [0, 0.05) is 13.0 Å². The first-order chi connectivity index (χ1) is 13.2. The normalized spacial score (nSPS) is 11.9. The van der Waals surface area contributed by atoms with Crippen LogP contribution >= 0.6 is 0 Å². The van der Waals surface area contributed by atoms with Crippen molar-refractivity contribution in [2.45, 2.75) is 25.3 Å². The Hall–Kier alpha value is -2.85. The van der Waals surface area contributed by atoms with Crippen molar-refractivity contribution in [3.05, 3.63) is 77.9 Å². The summed E-state index contributed by atoms with van der Waals surface area (Å²) in [6.45, 7) is 0.378. The third-order valence-corrected chi connectivity index (χ3v) is 4.78. The summed E-state index contributed by atoms with van der Waals surface area (Å²) in [7, 11) is 1.66. The molecule has 0 aromatic heterocycles. The minimum absolute atomic E-state index is 0.0344. The van der Waals surface area contributed by atoms with E-state index in [0.717, 1.165) is 29.5 Å². The van der Waals surface area contributed by atoms with E-state index < -0.39 is 0 Å². The number of carbonyl (C=O) groups is 1. The number of nitrogens with one attached hydrogen (secondary N) is 1. The van der Waals surface area contributed by atoms with E-state index in [1.807, 2.05) is 42.5 Å². The second-order valence-electron chi connectivity index (χ2n) is 6.66. The number of benzene rings is 3. The Bertz CT molecular complexity index is 890. The predicted octanol–water partition coefficient (Wildman–Crippen LogP) is 3.99. The van der Waals surface area contributed by atoms with Gasteiger partial charge in [-0.2, -0.15) is 0 Å². The number of ether oxygens (including phenoxy) is 1. The number of hydrogen-bond acceptors (Lipinski definition) is 3. The van der Waals surface area contributed by atoms with Gasteiger partial charge in [-0.15, -0.1) is 0 Å². The summed E-state index contributed by atoms with van der Waals surface area (Å²) in [6, 6.07) is 22.2. The van der Waals surface area contributed by atoms with Gasteiger partial charge in [-0.05, 0) is 52.9 Å². The average Bonchev–Trinajstić information content (AvgIpc) is 2.72. The predicted molar refractivity (Wildman–Crippen MR) is 110 cm³/mol. The maximum Gasteiger partial charge on any atom is 0.220 e. The maximum absolute atomic E-state index is 12.4. The van der Waals surface area contributed by atoms with Gasteiger partial charge in [-0.3, -0.25) is 4.79 Å². The van der Waals surface area contributed by atoms with Crippen molar-refractivity contribution in [2.24, 2.45) is 5.73 Å². The molecule has 3 aromatic rings. The Morgan fingerprint density at radius 2 is 1.78 bits per heavy atom. The molecule has 3 N–H and O–H groups in total. The number of aryl methyl sites for hydroxylation is 1. The molecule has 0 fully saturated rings. The lowest BCUT2D eigenvalue weighted by molar-refractivity contribution is -0.121. The molecule has 27 heavy (non-hydrogen) atoms. The molecular weight excluding hydrogens is 336 g/mol. The number of methoxy groups -OCH3 is 1. The van der Waals surface area contributed by atoms with Gasteiger partial charge < -0.3 is 15.8 Å². The van der Waals surface area contributed by atoms with Crippen LogP contribution in [-0.4, -0.2) is 19.6 Å². The Morgan fingerprint density at radius 1 is 1.04 bits per heavy atom. The van der Waals surface area contributed by atoms with Crippen molar-refractivity contribution < 1.29 is 9.53 Å². The number of nitrogens with two attached hydrogens (primary N) is 1. The van der Waals surface area contributed by atoms with Crippen molar-refractivity contribution in [2.75, 3.05) is 13.7 Å². The number of fused-ring (bicyclic) bond motifs is 1. The van der Waals surface area contributed by atoms with E-state index in [0.29, 0.717) is 13.0 Å². The zero-order valence-corrected chi connectivity index (χ0v) is 15.7. The largest absolute Gasteiger partial charge is 0.497 e. The van der Waals surface area contributed by atoms with Crippen LogP contribution in [-0.2, 0) is 11.2 Å². The summed E-state index contributed by atoms with van der Waals surface area (Å²) >= 11 is 0. The van der Waals surface area contributed by atoms with E-state index in [-0.39, 0.29) is 11.9 Å². The molecule has 0 aliphatic rings. The third kappa shape index (κ3) is 5.08. The molecule has 3 rings (SSSR count). The van der Waals surface area contributed by atoms with E-state index in [1.165, 1.54) is 10.9 Å². The zero-order chi connectivity index (χ0) is 19.1. The first-order valence-electron chi connectivity index (χ1n) is 9.30. The fourth-order valence-electron chi connectivity index (χ4n) is 3.21. The molecule has 3 aromatic carbocycles. The fourth-order valence-corrected chi connectivity index (χ4v) is 3.21. The van der Waals surface area contributed by atoms with Crippen LogP contribution in [0.3, 0.4) is 0 Å². The van der Waals surface area contributed by atoms with Gasteiger partial charge in [-0.1, -0.05) is 48.5 Å². The molecule has 0 radical (unpaired) electrons. The number of rotatable bonds is 8. The fraction of sp³-hybridized carbons (Fsp3) is 0.261. The highest BCUT2D eigenvalue weighted by Crippen LogP contribution is 2.20. The highest BCUT2D eigenvalue weighted by atomic mass is 16.5. The van der Waals surface area contributed by atoms with Crippen molar-refractivity contribution in [3.8, 4) is 5.75 Å². The van der Waals surface area contributed by atoms with Gasteiger partial charge in [0.1, 0.15) is 5.75 Å². The van der Waals surface area contributed by atoms with Gasteiger partial charge in [0.15, 0.2) is 0 Å². The van der Waals surface area contributed by atoms with Crippen LogP contribution in [0, 0.1) is 0 Å². The van der Waals surface area contributed by atoms with Crippen LogP contribution < -0.4 is 15.8 Å². The van der Waals surface area contributed by atoms with E-state index in [1.54, 1.807) is 7.11 Å². The summed E-state index contributed by atoms with van der Waals surface area (Å²) in [6.07, 6.45) is 2.14. The Labute approximate surface area is 160 Å². The van der Waals surface area contributed by atoms with Crippen molar-refractivity contribution in [1.29, 1.82) is 0 Å².